The van der Waals surface area contributed by atoms with Crippen molar-refractivity contribution >= 4 is 0 Å². The lowest BCUT2D eigenvalue weighted by Crippen LogP contribution is -1.99. The van der Waals surface area contributed by atoms with E-state index in [1.54, 1.807) is 7.11 Å². The molecule has 1 unspecified atom stereocenters. The highest BCUT2D eigenvalue weighted by Crippen LogP contribution is 2.26. The van der Waals surface area contributed by atoms with Gasteiger partial charge in [0, 0.05) is 6.61 Å². The number of benzene rings is 1. The van der Waals surface area contributed by atoms with E-state index in [2.05, 4.69) is 19.1 Å². The molecule has 0 radical (unpaired) electrons. The smallest absolute Gasteiger partial charge is 0.118 e. The van der Waals surface area contributed by atoms with Gasteiger partial charge in [-0.05, 0) is 42.9 Å². The van der Waals surface area contributed by atoms with Crippen LogP contribution in [-0.2, 0) is 0 Å². The predicted octanol–water partition coefficient (Wildman–Crippen LogP) is 2.96. The molecule has 2 heteroatoms. The van der Waals surface area contributed by atoms with Gasteiger partial charge in [-0.15, -0.1) is 0 Å². The van der Waals surface area contributed by atoms with Crippen LogP contribution in [0.1, 0.15) is 37.7 Å². The number of ether oxygens (including phenoxy) is 1. The lowest BCUT2D eigenvalue weighted by molar-refractivity contribution is 0.279. The highest BCUT2D eigenvalue weighted by molar-refractivity contribution is 5.29. The second-order valence-corrected chi connectivity index (χ2v) is 3.74. The second-order valence-electron chi connectivity index (χ2n) is 3.74. The third-order valence-electron chi connectivity index (χ3n) is 2.79. The number of aliphatic hydroxyl groups is 1. The fourth-order valence-corrected chi connectivity index (χ4v) is 1.82. The fraction of sp³-hybridized carbons (Fsp3) is 0.538. The summed E-state index contributed by atoms with van der Waals surface area (Å²) in [4.78, 5) is 0. The number of aliphatic hydroxyl groups excluding tert-OH is 1. The van der Waals surface area contributed by atoms with Gasteiger partial charge in [-0.25, -0.2) is 0 Å². The molecule has 0 bridgehead atoms. The molecule has 1 aromatic carbocycles. The van der Waals surface area contributed by atoms with E-state index in [4.69, 9.17) is 9.84 Å². The molecule has 0 fully saturated rings. The molecule has 1 N–H and O–H groups in total. The Hall–Kier alpha value is -1.02. The molecule has 15 heavy (non-hydrogen) atoms. The molecule has 1 aromatic rings. The average Bonchev–Trinajstić information content (AvgIpc) is 2.31. The maximum absolute atomic E-state index is 8.82. The number of methoxy groups -OCH3 is 1. The quantitative estimate of drug-likeness (QED) is 0.778. The van der Waals surface area contributed by atoms with Gasteiger partial charge in [-0.1, -0.05) is 19.1 Å². The molecule has 2 nitrogen and oxygen atoms in total. The predicted molar refractivity (Wildman–Crippen MR) is 62.3 cm³/mol. The molecule has 1 rings (SSSR count). The zero-order chi connectivity index (χ0) is 11.1. The van der Waals surface area contributed by atoms with Crippen molar-refractivity contribution in [3.8, 4) is 5.75 Å². The third kappa shape index (κ3) is 3.56. The molecule has 84 valence electrons. The monoisotopic (exact) mass is 208 g/mol. The first-order valence-electron chi connectivity index (χ1n) is 5.56. The summed E-state index contributed by atoms with van der Waals surface area (Å²) in [5.74, 6) is 1.46. The van der Waals surface area contributed by atoms with Gasteiger partial charge in [0.2, 0.25) is 0 Å². The van der Waals surface area contributed by atoms with Crippen LogP contribution in [0.15, 0.2) is 24.3 Å². The first-order chi connectivity index (χ1) is 7.31. The SMILES string of the molecule is CCC(CCCO)c1ccc(OC)cc1. The fourth-order valence-electron chi connectivity index (χ4n) is 1.82. The number of hydrogen-bond acceptors (Lipinski definition) is 2. The summed E-state index contributed by atoms with van der Waals surface area (Å²) < 4.78 is 5.12. The van der Waals surface area contributed by atoms with Crippen LogP contribution in [0.5, 0.6) is 5.75 Å². The molecular weight excluding hydrogens is 188 g/mol. The van der Waals surface area contributed by atoms with E-state index >= 15 is 0 Å². The van der Waals surface area contributed by atoms with Crippen LogP contribution in [-0.4, -0.2) is 18.8 Å². The van der Waals surface area contributed by atoms with Gasteiger partial charge in [-0.3, -0.25) is 0 Å². The van der Waals surface area contributed by atoms with Crippen LogP contribution < -0.4 is 4.74 Å². The Balaban J connectivity index is 2.65. The molecule has 0 saturated heterocycles. The van der Waals surface area contributed by atoms with Crippen LogP contribution in [0, 0.1) is 0 Å². The van der Waals surface area contributed by atoms with Gasteiger partial charge in [-0.2, -0.15) is 0 Å². The Kier molecular flexibility index (Phi) is 5.19. The van der Waals surface area contributed by atoms with Gasteiger partial charge in [0.25, 0.3) is 0 Å². The van der Waals surface area contributed by atoms with Gasteiger partial charge < -0.3 is 9.84 Å². The lowest BCUT2D eigenvalue weighted by atomic mass is 9.92. The summed E-state index contributed by atoms with van der Waals surface area (Å²) in [5, 5.41) is 8.82. The van der Waals surface area contributed by atoms with E-state index in [1.807, 2.05) is 12.1 Å². The summed E-state index contributed by atoms with van der Waals surface area (Å²) >= 11 is 0. The molecule has 0 aliphatic heterocycles. The highest BCUT2D eigenvalue weighted by atomic mass is 16.5. The van der Waals surface area contributed by atoms with Gasteiger partial charge >= 0.3 is 0 Å². The van der Waals surface area contributed by atoms with Gasteiger partial charge in [0.1, 0.15) is 5.75 Å². The van der Waals surface area contributed by atoms with Crippen LogP contribution in [0.25, 0.3) is 0 Å². The topological polar surface area (TPSA) is 29.5 Å². The summed E-state index contributed by atoms with van der Waals surface area (Å²) in [5.41, 5.74) is 1.34. The van der Waals surface area contributed by atoms with E-state index < -0.39 is 0 Å². The van der Waals surface area contributed by atoms with E-state index in [0.717, 1.165) is 25.0 Å². The summed E-state index contributed by atoms with van der Waals surface area (Å²) in [6.07, 6.45) is 3.05. The third-order valence-corrected chi connectivity index (χ3v) is 2.79. The van der Waals surface area contributed by atoms with Crippen molar-refractivity contribution in [2.45, 2.75) is 32.1 Å². The van der Waals surface area contributed by atoms with Crippen molar-refractivity contribution < 1.29 is 9.84 Å². The first-order valence-corrected chi connectivity index (χ1v) is 5.56. The normalized spacial score (nSPS) is 12.5. The number of rotatable bonds is 6. The van der Waals surface area contributed by atoms with E-state index in [0.29, 0.717) is 5.92 Å². The summed E-state index contributed by atoms with van der Waals surface area (Å²) in [6, 6.07) is 8.22. The standard InChI is InChI=1S/C13H20O2/c1-3-11(5-4-10-14)12-6-8-13(15-2)9-7-12/h6-9,11,14H,3-5,10H2,1-2H3. The first kappa shape index (κ1) is 12.1. The minimum atomic E-state index is 0.284. The van der Waals surface area contributed by atoms with Crippen molar-refractivity contribution in [2.75, 3.05) is 13.7 Å². The lowest BCUT2D eigenvalue weighted by Gasteiger charge is -2.14. The maximum atomic E-state index is 8.82. The molecule has 1 atom stereocenters. The van der Waals surface area contributed by atoms with Crippen molar-refractivity contribution in [3.05, 3.63) is 29.8 Å². The molecular formula is C13H20O2. The van der Waals surface area contributed by atoms with Crippen LogP contribution in [0.2, 0.25) is 0 Å². The van der Waals surface area contributed by atoms with E-state index in [-0.39, 0.29) is 6.61 Å². The zero-order valence-electron chi connectivity index (χ0n) is 9.57. The Morgan fingerprint density at radius 1 is 1.27 bits per heavy atom. The molecule has 0 saturated carbocycles. The summed E-state index contributed by atoms with van der Waals surface area (Å²) in [6.45, 7) is 2.47. The Morgan fingerprint density at radius 2 is 1.93 bits per heavy atom. The van der Waals surface area contributed by atoms with E-state index in [1.165, 1.54) is 5.56 Å². The number of hydrogen-bond donors (Lipinski definition) is 1. The Labute approximate surface area is 91.9 Å². The summed E-state index contributed by atoms with van der Waals surface area (Å²) in [7, 11) is 1.68. The van der Waals surface area contributed by atoms with Crippen molar-refractivity contribution in [3.63, 3.8) is 0 Å². The van der Waals surface area contributed by atoms with Crippen LogP contribution in [0.3, 0.4) is 0 Å². The van der Waals surface area contributed by atoms with Gasteiger partial charge in [0.15, 0.2) is 0 Å². The van der Waals surface area contributed by atoms with Crippen molar-refractivity contribution in [1.29, 1.82) is 0 Å². The molecule has 0 aromatic heterocycles. The molecule has 0 aliphatic rings. The highest BCUT2D eigenvalue weighted by Gasteiger charge is 2.08. The van der Waals surface area contributed by atoms with Gasteiger partial charge in [0.05, 0.1) is 7.11 Å². The second kappa shape index (κ2) is 6.46. The Bertz CT molecular complexity index is 266. The van der Waals surface area contributed by atoms with Crippen LogP contribution >= 0.6 is 0 Å². The van der Waals surface area contributed by atoms with Crippen LogP contribution in [0.4, 0.5) is 0 Å². The maximum Gasteiger partial charge on any atom is 0.118 e. The van der Waals surface area contributed by atoms with E-state index in [9.17, 15) is 0 Å². The molecule has 0 amide bonds. The molecule has 0 spiro atoms. The van der Waals surface area contributed by atoms with Crippen molar-refractivity contribution in [1.82, 2.24) is 0 Å². The Morgan fingerprint density at radius 3 is 2.40 bits per heavy atom. The molecule has 0 heterocycles. The van der Waals surface area contributed by atoms with Crippen molar-refractivity contribution in [2.24, 2.45) is 0 Å². The largest absolute Gasteiger partial charge is 0.497 e. The minimum Gasteiger partial charge on any atom is -0.497 e. The molecule has 0 aliphatic carbocycles. The minimum absolute atomic E-state index is 0.284. The average molecular weight is 208 g/mol. The zero-order valence-corrected chi connectivity index (χ0v) is 9.57.